The number of aliphatic carboxylic acids is 1. The third-order valence-corrected chi connectivity index (χ3v) is 4.56. The molecule has 0 bridgehead atoms. The van der Waals surface area contributed by atoms with E-state index in [0.29, 0.717) is 0 Å². The van der Waals surface area contributed by atoms with Gasteiger partial charge in [-0.1, -0.05) is 13.8 Å². The maximum Gasteiger partial charge on any atom is 0.307 e. The molecule has 0 aromatic rings. The van der Waals surface area contributed by atoms with Gasteiger partial charge in [-0.05, 0) is 31.3 Å². The molecule has 1 amide bonds. The number of nitrogens with one attached hydrogen (secondary N) is 1. The van der Waals surface area contributed by atoms with Gasteiger partial charge in [0.15, 0.2) is 0 Å². The summed E-state index contributed by atoms with van der Waals surface area (Å²) in [4.78, 5) is 25.3. The van der Waals surface area contributed by atoms with Gasteiger partial charge in [0.2, 0.25) is 5.91 Å². The molecular weight excluding hydrogens is 232 g/mol. The first-order chi connectivity index (χ1) is 8.37. The molecular formula is C13H22N2O3. The molecule has 0 aromatic carbocycles. The molecule has 1 heterocycles. The van der Waals surface area contributed by atoms with Gasteiger partial charge < -0.3 is 15.3 Å². The second kappa shape index (κ2) is 4.53. The second-order valence-corrected chi connectivity index (χ2v) is 6.05. The monoisotopic (exact) mass is 254 g/mol. The van der Waals surface area contributed by atoms with Crippen molar-refractivity contribution in [2.45, 2.75) is 32.7 Å². The molecule has 0 aromatic heterocycles. The zero-order valence-electron chi connectivity index (χ0n) is 11.3. The van der Waals surface area contributed by atoms with Crippen LogP contribution in [0, 0.1) is 17.3 Å². The van der Waals surface area contributed by atoms with Gasteiger partial charge in [0.1, 0.15) is 0 Å². The summed E-state index contributed by atoms with van der Waals surface area (Å²) in [5, 5.41) is 12.4. The Morgan fingerprint density at radius 1 is 1.22 bits per heavy atom. The number of carbonyl (C=O) groups is 2. The number of carbonyl (C=O) groups excluding carboxylic acids is 1. The lowest BCUT2D eigenvalue weighted by molar-refractivity contribution is -0.142. The quantitative estimate of drug-likeness (QED) is 0.772. The molecule has 2 N–H and O–H groups in total. The van der Waals surface area contributed by atoms with E-state index in [9.17, 15) is 9.59 Å². The van der Waals surface area contributed by atoms with E-state index in [-0.39, 0.29) is 17.9 Å². The highest BCUT2D eigenvalue weighted by atomic mass is 16.4. The van der Waals surface area contributed by atoms with Crippen molar-refractivity contribution in [2.75, 3.05) is 20.1 Å². The van der Waals surface area contributed by atoms with Crippen LogP contribution in [0.15, 0.2) is 0 Å². The summed E-state index contributed by atoms with van der Waals surface area (Å²) in [6.07, 6.45) is 1.90. The Labute approximate surface area is 108 Å². The number of nitrogens with zero attached hydrogens (tertiary/aromatic N) is 1. The molecule has 1 saturated carbocycles. The molecule has 0 spiro atoms. The minimum Gasteiger partial charge on any atom is -0.481 e. The Balaban J connectivity index is 2.01. The third kappa shape index (κ3) is 2.11. The fourth-order valence-electron chi connectivity index (χ4n) is 3.15. The van der Waals surface area contributed by atoms with Crippen molar-refractivity contribution in [3.63, 3.8) is 0 Å². The van der Waals surface area contributed by atoms with Crippen LogP contribution in [-0.2, 0) is 9.59 Å². The van der Waals surface area contributed by atoms with E-state index in [2.05, 4.69) is 5.32 Å². The highest BCUT2D eigenvalue weighted by Crippen LogP contribution is 2.59. The predicted molar refractivity (Wildman–Crippen MR) is 67.1 cm³/mol. The molecule has 1 aliphatic carbocycles. The number of piperidine rings is 1. The van der Waals surface area contributed by atoms with Gasteiger partial charge in [0, 0.05) is 13.1 Å². The van der Waals surface area contributed by atoms with E-state index in [1.807, 2.05) is 20.9 Å². The van der Waals surface area contributed by atoms with Gasteiger partial charge >= 0.3 is 5.97 Å². The minimum atomic E-state index is -0.850. The minimum absolute atomic E-state index is 0.000648. The molecule has 5 heteroatoms. The van der Waals surface area contributed by atoms with Crippen LogP contribution in [0.25, 0.3) is 0 Å². The van der Waals surface area contributed by atoms with Gasteiger partial charge in [0.25, 0.3) is 0 Å². The number of hydrogen-bond acceptors (Lipinski definition) is 3. The SMILES string of the molecule is CN(C(=O)[C@H]1[C@@H](C(=O)O)C1(C)C)C1CCNCC1. The van der Waals surface area contributed by atoms with Crippen LogP contribution in [0.1, 0.15) is 26.7 Å². The molecule has 0 radical (unpaired) electrons. The van der Waals surface area contributed by atoms with Crippen LogP contribution in [0.5, 0.6) is 0 Å². The van der Waals surface area contributed by atoms with E-state index in [4.69, 9.17) is 5.11 Å². The topological polar surface area (TPSA) is 69.6 Å². The Hall–Kier alpha value is -1.10. The standard InChI is InChI=1S/C13H22N2O3/c1-13(2)9(10(13)12(17)18)11(16)15(3)8-4-6-14-7-5-8/h8-10,14H,4-7H2,1-3H3,(H,17,18)/t9-,10+/m1/s1. The van der Waals surface area contributed by atoms with E-state index >= 15 is 0 Å². The van der Waals surface area contributed by atoms with Crippen LogP contribution in [0.3, 0.4) is 0 Å². The Bertz CT molecular complexity index is 361. The average molecular weight is 254 g/mol. The van der Waals surface area contributed by atoms with Crippen LogP contribution in [-0.4, -0.2) is 48.1 Å². The van der Waals surface area contributed by atoms with Gasteiger partial charge in [-0.2, -0.15) is 0 Å². The molecule has 2 rings (SSSR count). The molecule has 2 aliphatic rings. The van der Waals surface area contributed by atoms with Crippen molar-refractivity contribution in [3.05, 3.63) is 0 Å². The Morgan fingerprint density at radius 2 is 1.78 bits per heavy atom. The molecule has 18 heavy (non-hydrogen) atoms. The summed E-state index contributed by atoms with van der Waals surface area (Å²) in [5.74, 6) is -1.72. The molecule has 1 aliphatic heterocycles. The van der Waals surface area contributed by atoms with Crippen LogP contribution in [0.4, 0.5) is 0 Å². The number of rotatable bonds is 3. The predicted octanol–water partition coefficient (Wildman–Crippen LogP) is 0.554. The Kier molecular flexibility index (Phi) is 3.36. The number of amides is 1. The van der Waals surface area contributed by atoms with Crippen LogP contribution < -0.4 is 5.32 Å². The first-order valence-corrected chi connectivity index (χ1v) is 6.57. The number of carboxylic acids is 1. The fraction of sp³-hybridized carbons (Fsp3) is 0.846. The van der Waals surface area contributed by atoms with Crippen LogP contribution in [0.2, 0.25) is 0 Å². The van der Waals surface area contributed by atoms with Gasteiger partial charge in [-0.15, -0.1) is 0 Å². The van der Waals surface area contributed by atoms with E-state index < -0.39 is 17.3 Å². The largest absolute Gasteiger partial charge is 0.481 e. The maximum absolute atomic E-state index is 12.4. The summed E-state index contributed by atoms with van der Waals surface area (Å²) in [7, 11) is 1.81. The summed E-state index contributed by atoms with van der Waals surface area (Å²) < 4.78 is 0. The van der Waals surface area contributed by atoms with Gasteiger partial charge in [-0.25, -0.2) is 0 Å². The normalized spacial score (nSPS) is 30.8. The zero-order chi connectivity index (χ0) is 13.5. The molecule has 2 fully saturated rings. The van der Waals surface area contributed by atoms with Gasteiger partial charge in [0.05, 0.1) is 11.8 Å². The third-order valence-electron chi connectivity index (χ3n) is 4.56. The lowest BCUT2D eigenvalue weighted by Crippen LogP contribution is -2.45. The van der Waals surface area contributed by atoms with Crippen molar-refractivity contribution in [3.8, 4) is 0 Å². The average Bonchev–Trinajstić information content (AvgIpc) is 2.92. The van der Waals surface area contributed by atoms with Crippen LogP contribution >= 0.6 is 0 Å². The Morgan fingerprint density at radius 3 is 2.22 bits per heavy atom. The number of carboxylic acid groups (broad SMARTS) is 1. The summed E-state index contributed by atoms with van der Waals surface area (Å²) in [6, 6.07) is 0.254. The molecule has 0 unspecified atom stereocenters. The molecule has 1 saturated heterocycles. The molecule has 5 nitrogen and oxygen atoms in total. The molecule has 102 valence electrons. The number of hydrogen-bond donors (Lipinski definition) is 2. The van der Waals surface area contributed by atoms with E-state index in [1.165, 1.54) is 0 Å². The van der Waals surface area contributed by atoms with Crippen molar-refractivity contribution >= 4 is 11.9 Å². The highest BCUT2D eigenvalue weighted by molar-refractivity contribution is 5.91. The van der Waals surface area contributed by atoms with Crippen molar-refractivity contribution in [1.29, 1.82) is 0 Å². The van der Waals surface area contributed by atoms with E-state index in [0.717, 1.165) is 25.9 Å². The molecule has 2 atom stereocenters. The summed E-state index contributed by atoms with van der Waals surface area (Å²) >= 11 is 0. The first-order valence-electron chi connectivity index (χ1n) is 6.57. The first kappa shape index (κ1) is 13.3. The van der Waals surface area contributed by atoms with Crippen molar-refractivity contribution < 1.29 is 14.7 Å². The zero-order valence-corrected chi connectivity index (χ0v) is 11.3. The highest BCUT2D eigenvalue weighted by Gasteiger charge is 2.66. The summed E-state index contributed by atoms with van der Waals surface area (Å²) in [6.45, 7) is 5.59. The van der Waals surface area contributed by atoms with Gasteiger partial charge in [-0.3, -0.25) is 9.59 Å². The smallest absolute Gasteiger partial charge is 0.307 e. The maximum atomic E-state index is 12.4. The summed E-state index contributed by atoms with van der Waals surface area (Å²) in [5.41, 5.74) is -0.399. The van der Waals surface area contributed by atoms with Crippen molar-refractivity contribution in [1.82, 2.24) is 10.2 Å². The van der Waals surface area contributed by atoms with Crippen molar-refractivity contribution in [2.24, 2.45) is 17.3 Å². The fourth-order valence-corrected chi connectivity index (χ4v) is 3.15. The second-order valence-electron chi connectivity index (χ2n) is 6.05. The van der Waals surface area contributed by atoms with E-state index in [1.54, 1.807) is 4.90 Å². The lowest BCUT2D eigenvalue weighted by atomic mass is 10.0. The lowest BCUT2D eigenvalue weighted by Gasteiger charge is -2.32.